The van der Waals surface area contributed by atoms with Gasteiger partial charge in [-0.1, -0.05) is 23.8 Å². The van der Waals surface area contributed by atoms with Crippen LogP contribution < -0.4 is 4.74 Å². The summed E-state index contributed by atoms with van der Waals surface area (Å²) in [7, 11) is 1.66. The Morgan fingerprint density at radius 1 is 1.23 bits per heavy atom. The van der Waals surface area contributed by atoms with Crippen molar-refractivity contribution >= 4 is 10.9 Å². The number of aromatic amines is 1. The summed E-state index contributed by atoms with van der Waals surface area (Å²) < 4.78 is 5.33. The van der Waals surface area contributed by atoms with Gasteiger partial charge in [-0.2, -0.15) is 0 Å². The van der Waals surface area contributed by atoms with E-state index in [0.717, 1.165) is 37.2 Å². The molecular formula is C22H26N2O2. The van der Waals surface area contributed by atoms with Gasteiger partial charge >= 0.3 is 0 Å². The second-order valence-electron chi connectivity index (χ2n) is 7.44. The molecule has 1 fully saturated rings. The maximum Gasteiger partial charge on any atom is 0.119 e. The Kier molecular flexibility index (Phi) is 4.47. The van der Waals surface area contributed by atoms with Crippen LogP contribution in [-0.2, 0) is 12.1 Å². The summed E-state index contributed by atoms with van der Waals surface area (Å²) in [6.07, 6.45) is 3.86. The third kappa shape index (κ3) is 3.22. The number of piperidine rings is 1. The summed E-state index contributed by atoms with van der Waals surface area (Å²) in [5, 5.41) is 12.6. The molecule has 1 aliphatic heterocycles. The van der Waals surface area contributed by atoms with E-state index >= 15 is 0 Å². The van der Waals surface area contributed by atoms with Gasteiger partial charge < -0.3 is 14.8 Å². The van der Waals surface area contributed by atoms with Crippen LogP contribution in [-0.4, -0.2) is 35.2 Å². The number of H-pyrrole nitrogens is 1. The number of β-amino-alcohol motifs (C(OH)–C–C–N with tert-alkyl or cyclic N) is 1. The summed E-state index contributed by atoms with van der Waals surface area (Å²) in [4.78, 5) is 5.72. The molecule has 2 N–H and O–H groups in total. The zero-order valence-electron chi connectivity index (χ0n) is 15.5. The number of fused-ring (bicyclic) bond motifs is 1. The maximum atomic E-state index is 11.3. The Balaban J connectivity index is 1.57. The quantitative estimate of drug-likeness (QED) is 0.748. The van der Waals surface area contributed by atoms with E-state index in [1.807, 2.05) is 24.3 Å². The molecule has 0 radical (unpaired) electrons. The molecule has 0 bridgehead atoms. The number of nitrogens with one attached hydrogen (secondary N) is 1. The second-order valence-corrected chi connectivity index (χ2v) is 7.44. The fourth-order valence-corrected chi connectivity index (χ4v) is 4.07. The third-order valence-electron chi connectivity index (χ3n) is 5.47. The highest BCUT2D eigenvalue weighted by Crippen LogP contribution is 2.34. The largest absolute Gasteiger partial charge is 0.497 e. The summed E-state index contributed by atoms with van der Waals surface area (Å²) in [5.41, 5.74) is 3.85. The smallest absolute Gasteiger partial charge is 0.119 e. The van der Waals surface area contributed by atoms with E-state index < -0.39 is 5.60 Å². The number of likely N-dealkylation sites (tertiary alicyclic amines) is 1. The van der Waals surface area contributed by atoms with E-state index in [2.05, 4.69) is 41.2 Å². The number of aliphatic hydroxyl groups is 1. The van der Waals surface area contributed by atoms with Gasteiger partial charge in [0.1, 0.15) is 11.4 Å². The molecule has 0 aliphatic carbocycles. The topological polar surface area (TPSA) is 48.5 Å². The van der Waals surface area contributed by atoms with E-state index in [9.17, 15) is 5.11 Å². The molecule has 2 heterocycles. The van der Waals surface area contributed by atoms with Crippen molar-refractivity contribution in [3.63, 3.8) is 0 Å². The van der Waals surface area contributed by atoms with E-state index in [4.69, 9.17) is 4.74 Å². The molecule has 1 unspecified atom stereocenters. The molecule has 3 aromatic rings. The van der Waals surface area contributed by atoms with Gasteiger partial charge in [-0.05, 0) is 61.7 Å². The molecule has 1 saturated heterocycles. The van der Waals surface area contributed by atoms with Crippen LogP contribution in [0, 0.1) is 6.92 Å². The fourth-order valence-electron chi connectivity index (χ4n) is 4.07. The summed E-state index contributed by atoms with van der Waals surface area (Å²) in [6, 6.07) is 14.3. The first-order chi connectivity index (χ1) is 12.6. The monoisotopic (exact) mass is 350 g/mol. The zero-order chi connectivity index (χ0) is 18.1. The molecular weight excluding hydrogens is 324 g/mol. The summed E-state index contributed by atoms with van der Waals surface area (Å²) in [6.45, 7) is 4.61. The van der Waals surface area contributed by atoms with Crippen molar-refractivity contribution in [2.75, 3.05) is 20.2 Å². The number of hydrogen-bond acceptors (Lipinski definition) is 3. The van der Waals surface area contributed by atoms with Crippen LogP contribution in [0.4, 0.5) is 0 Å². The molecule has 4 rings (SSSR count). The van der Waals surface area contributed by atoms with Gasteiger partial charge in [-0.3, -0.25) is 4.90 Å². The normalized spacial score (nSPS) is 21.2. The molecule has 0 amide bonds. The van der Waals surface area contributed by atoms with Crippen LogP contribution in [0.2, 0.25) is 0 Å². The molecule has 1 aliphatic rings. The van der Waals surface area contributed by atoms with Crippen molar-refractivity contribution in [1.29, 1.82) is 0 Å². The van der Waals surface area contributed by atoms with Gasteiger partial charge in [0, 0.05) is 30.2 Å². The van der Waals surface area contributed by atoms with Crippen molar-refractivity contribution in [3.05, 3.63) is 65.4 Å². The number of hydrogen-bond donors (Lipinski definition) is 2. The number of nitrogens with zero attached hydrogens (tertiary/aromatic N) is 1. The highest BCUT2D eigenvalue weighted by Gasteiger charge is 2.35. The van der Waals surface area contributed by atoms with Gasteiger partial charge in [-0.15, -0.1) is 0 Å². The molecule has 4 heteroatoms. The molecule has 1 atom stereocenters. The summed E-state index contributed by atoms with van der Waals surface area (Å²) in [5.74, 6) is 0.792. The molecule has 4 nitrogen and oxygen atoms in total. The first-order valence-corrected chi connectivity index (χ1v) is 9.23. The van der Waals surface area contributed by atoms with Crippen LogP contribution in [0.15, 0.2) is 48.7 Å². The number of benzene rings is 2. The highest BCUT2D eigenvalue weighted by atomic mass is 16.5. The van der Waals surface area contributed by atoms with Crippen molar-refractivity contribution in [2.24, 2.45) is 0 Å². The number of ether oxygens (including phenoxy) is 1. The van der Waals surface area contributed by atoms with E-state index in [1.54, 1.807) is 7.11 Å². The Bertz CT molecular complexity index is 917. The van der Waals surface area contributed by atoms with E-state index in [0.29, 0.717) is 6.54 Å². The van der Waals surface area contributed by atoms with Crippen molar-refractivity contribution < 1.29 is 9.84 Å². The minimum Gasteiger partial charge on any atom is -0.497 e. The van der Waals surface area contributed by atoms with Gasteiger partial charge in [0.05, 0.1) is 7.11 Å². The van der Waals surface area contributed by atoms with E-state index in [-0.39, 0.29) is 0 Å². The SMILES string of the molecule is COc1cccc(C2(O)CCCN(Cc3c[nH]c4ccc(C)cc34)C2)c1. The third-order valence-corrected chi connectivity index (χ3v) is 5.47. The lowest BCUT2D eigenvalue weighted by molar-refractivity contribution is -0.0381. The van der Waals surface area contributed by atoms with Gasteiger partial charge in [0.15, 0.2) is 0 Å². The van der Waals surface area contributed by atoms with Crippen LogP contribution >= 0.6 is 0 Å². The minimum atomic E-state index is -0.825. The Labute approximate surface area is 154 Å². The predicted molar refractivity (Wildman–Crippen MR) is 104 cm³/mol. The zero-order valence-corrected chi connectivity index (χ0v) is 15.5. The average Bonchev–Trinajstić information content (AvgIpc) is 3.04. The highest BCUT2D eigenvalue weighted by molar-refractivity contribution is 5.83. The lowest BCUT2D eigenvalue weighted by atomic mass is 9.85. The number of methoxy groups -OCH3 is 1. The summed E-state index contributed by atoms with van der Waals surface area (Å²) >= 11 is 0. The maximum absolute atomic E-state index is 11.3. The van der Waals surface area contributed by atoms with Crippen LogP contribution in [0.3, 0.4) is 0 Å². The molecule has 0 spiro atoms. The van der Waals surface area contributed by atoms with Crippen molar-refractivity contribution in [1.82, 2.24) is 9.88 Å². The first-order valence-electron chi connectivity index (χ1n) is 9.23. The van der Waals surface area contributed by atoms with Crippen molar-refractivity contribution in [2.45, 2.75) is 31.9 Å². The van der Waals surface area contributed by atoms with Crippen LogP contribution in [0.5, 0.6) is 5.75 Å². The van der Waals surface area contributed by atoms with Crippen LogP contribution in [0.1, 0.15) is 29.5 Å². The van der Waals surface area contributed by atoms with Gasteiger partial charge in [0.25, 0.3) is 0 Å². The van der Waals surface area contributed by atoms with E-state index in [1.165, 1.54) is 22.0 Å². The number of rotatable bonds is 4. The Morgan fingerprint density at radius 3 is 2.96 bits per heavy atom. The predicted octanol–water partition coefficient (Wildman–Crippen LogP) is 3.97. The molecule has 2 aromatic carbocycles. The minimum absolute atomic E-state index is 0.638. The second kappa shape index (κ2) is 6.78. The Morgan fingerprint density at radius 2 is 2.12 bits per heavy atom. The molecule has 26 heavy (non-hydrogen) atoms. The lowest BCUT2D eigenvalue weighted by Gasteiger charge is -2.39. The standard InChI is InChI=1S/C22H26N2O2/c1-16-7-8-21-20(11-16)17(13-23-21)14-24-10-4-9-22(25,15-24)18-5-3-6-19(12-18)26-2/h3,5-8,11-13,23,25H,4,9-10,14-15H2,1-2H3. The number of aryl methyl sites for hydroxylation is 1. The lowest BCUT2D eigenvalue weighted by Crippen LogP contribution is -2.45. The van der Waals surface area contributed by atoms with Gasteiger partial charge in [-0.25, -0.2) is 0 Å². The molecule has 0 saturated carbocycles. The fraction of sp³-hybridized carbons (Fsp3) is 0.364. The Hall–Kier alpha value is -2.30. The van der Waals surface area contributed by atoms with Gasteiger partial charge in [0.2, 0.25) is 0 Å². The molecule has 1 aromatic heterocycles. The van der Waals surface area contributed by atoms with Crippen molar-refractivity contribution in [3.8, 4) is 5.75 Å². The average molecular weight is 350 g/mol. The van der Waals surface area contributed by atoms with Crippen LogP contribution in [0.25, 0.3) is 10.9 Å². The molecule has 136 valence electrons. The first kappa shape index (κ1) is 17.1. The number of aromatic nitrogens is 1.